The molecule has 0 aromatic carbocycles. The number of ether oxygens (including phenoxy) is 1. The molecule has 1 aromatic rings. The summed E-state index contributed by atoms with van der Waals surface area (Å²) in [5, 5.41) is 2.92. The van der Waals surface area contributed by atoms with Crippen LogP contribution in [0.5, 0.6) is 0 Å². The van der Waals surface area contributed by atoms with Crippen LogP contribution in [0.2, 0.25) is 0 Å². The number of anilines is 1. The zero-order valence-corrected chi connectivity index (χ0v) is 10.8. The Hall–Kier alpha value is -1.65. The van der Waals surface area contributed by atoms with Gasteiger partial charge in [0.1, 0.15) is 18.7 Å². The lowest BCUT2D eigenvalue weighted by Crippen LogP contribution is -2.19. The molecule has 0 aliphatic rings. The minimum Gasteiger partial charge on any atom is -0.465 e. The Morgan fingerprint density at radius 3 is 2.71 bits per heavy atom. The van der Waals surface area contributed by atoms with Gasteiger partial charge < -0.3 is 10.1 Å². The predicted molar refractivity (Wildman–Crippen MR) is 65.9 cm³/mol. The lowest BCUT2D eigenvalue weighted by Gasteiger charge is -2.17. The number of nitrogens with one attached hydrogen (secondary N) is 1. The van der Waals surface area contributed by atoms with E-state index in [0.29, 0.717) is 12.4 Å². The molecule has 94 valence electrons. The number of aromatic nitrogens is 2. The maximum Gasteiger partial charge on any atom is 0.325 e. The summed E-state index contributed by atoms with van der Waals surface area (Å²) in [5.41, 5.74) is 0.891. The van der Waals surface area contributed by atoms with E-state index in [0.717, 1.165) is 5.69 Å². The maximum atomic E-state index is 11.2. The largest absolute Gasteiger partial charge is 0.465 e. The van der Waals surface area contributed by atoms with Crippen molar-refractivity contribution in [2.24, 2.45) is 0 Å². The van der Waals surface area contributed by atoms with Gasteiger partial charge in [0.2, 0.25) is 0 Å². The Bertz CT molecular complexity index is 386. The molecule has 0 fully saturated rings. The third-order valence-corrected chi connectivity index (χ3v) is 2.15. The van der Waals surface area contributed by atoms with Crippen LogP contribution in [0.25, 0.3) is 0 Å². The first kappa shape index (κ1) is 13.4. The SMILES string of the molecule is CCOC(=O)CNc1cc(C(C)(C)C)ncn1. The van der Waals surface area contributed by atoms with Gasteiger partial charge in [0, 0.05) is 11.5 Å². The molecule has 0 spiro atoms. The predicted octanol–water partition coefficient (Wildman–Crippen LogP) is 1.75. The van der Waals surface area contributed by atoms with Crippen molar-refractivity contribution in [1.29, 1.82) is 0 Å². The number of hydrogen-bond donors (Lipinski definition) is 1. The molecule has 17 heavy (non-hydrogen) atoms. The van der Waals surface area contributed by atoms with Crippen LogP contribution in [0.1, 0.15) is 33.4 Å². The monoisotopic (exact) mass is 237 g/mol. The average Bonchev–Trinajstić information content (AvgIpc) is 2.26. The minimum atomic E-state index is -0.288. The summed E-state index contributed by atoms with van der Waals surface area (Å²) in [4.78, 5) is 19.4. The van der Waals surface area contributed by atoms with Gasteiger partial charge in [-0.25, -0.2) is 9.97 Å². The zero-order valence-electron chi connectivity index (χ0n) is 10.8. The summed E-state index contributed by atoms with van der Waals surface area (Å²) in [7, 11) is 0. The van der Waals surface area contributed by atoms with Crippen LogP contribution in [-0.4, -0.2) is 29.1 Å². The minimum absolute atomic E-state index is 0.0384. The van der Waals surface area contributed by atoms with Crippen molar-refractivity contribution >= 4 is 11.8 Å². The molecule has 0 saturated heterocycles. The molecule has 1 aromatic heterocycles. The molecule has 0 atom stereocenters. The zero-order chi connectivity index (χ0) is 12.9. The Kier molecular flexibility index (Phi) is 4.43. The highest BCUT2D eigenvalue weighted by molar-refractivity contribution is 5.74. The molecule has 0 radical (unpaired) electrons. The Morgan fingerprint density at radius 1 is 1.41 bits per heavy atom. The van der Waals surface area contributed by atoms with Crippen molar-refractivity contribution in [2.75, 3.05) is 18.5 Å². The summed E-state index contributed by atoms with van der Waals surface area (Å²) in [5.74, 6) is 0.349. The fourth-order valence-corrected chi connectivity index (χ4v) is 1.24. The van der Waals surface area contributed by atoms with E-state index in [4.69, 9.17) is 4.74 Å². The standard InChI is InChI=1S/C12H19N3O2/c1-5-17-11(16)7-13-10-6-9(12(2,3)4)14-8-15-10/h6,8H,5,7H2,1-4H3,(H,13,14,15). The van der Waals surface area contributed by atoms with Crippen LogP contribution in [0.3, 0.4) is 0 Å². The van der Waals surface area contributed by atoms with Gasteiger partial charge >= 0.3 is 5.97 Å². The fraction of sp³-hybridized carbons (Fsp3) is 0.583. The number of hydrogen-bond acceptors (Lipinski definition) is 5. The van der Waals surface area contributed by atoms with Crippen LogP contribution >= 0.6 is 0 Å². The van der Waals surface area contributed by atoms with E-state index in [-0.39, 0.29) is 17.9 Å². The van der Waals surface area contributed by atoms with E-state index in [1.165, 1.54) is 6.33 Å². The van der Waals surface area contributed by atoms with Gasteiger partial charge in [0.25, 0.3) is 0 Å². The number of carbonyl (C=O) groups is 1. The Labute approximate surface area is 102 Å². The summed E-state index contributed by atoms with van der Waals surface area (Å²) >= 11 is 0. The van der Waals surface area contributed by atoms with E-state index in [9.17, 15) is 4.79 Å². The number of carbonyl (C=O) groups excluding carboxylic acids is 1. The van der Waals surface area contributed by atoms with E-state index in [1.807, 2.05) is 6.07 Å². The van der Waals surface area contributed by atoms with Crippen LogP contribution in [0.15, 0.2) is 12.4 Å². The first-order valence-corrected chi connectivity index (χ1v) is 5.65. The molecule has 5 heteroatoms. The Balaban J connectivity index is 2.64. The van der Waals surface area contributed by atoms with Gasteiger partial charge in [-0.05, 0) is 6.92 Å². The van der Waals surface area contributed by atoms with E-state index < -0.39 is 0 Å². The van der Waals surface area contributed by atoms with Crippen LogP contribution < -0.4 is 5.32 Å². The molecule has 0 amide bonds. The van der Waals surface area contributed by atoms with Crippen LogP contribution in [0, 0.1) is 0 Å². The van der Waals surface area contributed by atoms with Gasteiger partial charge in [0.15, 0.2) is 0 Å². The van der Waals surface area contributed by atoms with E-state index in [2.05, 4.69) is 36.1 Å². The normalized spacial score (nSPS) is 11.1. The van der Waals surface area contributed by atoms with E-state index in [1.54, 1.807) is 6.92 Å². The number of nitrogens with zero attached hydrogens (tertiary/aromatic N) is 2. The summed E-state index contributed by atoms with van der Waals surface area (Å²) < 4.78 is 4.82. The first-order valence-electron chi connectivity index (χ1n) is 5.65. The topological polar surface area (TPSA) is 64.1 Å². The second-order valence-electron chi connectivity index (χ2n) is 4.70. The van der Waals surface area contributed by atoms with Crippen LogP contribution in [0.4, 0.5) is 5.82 Å². The highest BCUT2D eigenvalue weighted by Gasteiger charge is 2.16. The highest BCUT2D eigenvalue weighted by atomic mass is 16.5. The summed E-state index contributed by atoms with van der Waals surface area (Å²) in [6.45, 7) is 8.51. The first-order chi connectivity index (χ1) is 7.93. The van der Waals surface area contributed by atoms with Crippen molar-refractivity contribution in [3.63, 3.8) is 0 Å². The van der Waals surface area contributed by atoms with Gasteiger partial charge in [-0.15, -0.1) is 0 Å². The Morgan fingerprint density at radius 2 is 2.12 bits per heavy atom. The van der Waals surface area contributed by atoms with Crippen molar-refractivity contribution in [3.05, 3.63) is 18.1 Å². The van der Waals surface area contributed by atoms with Crippen LogP contribution in [-0.2, 0) is 14.9 Å². The molecule has 5 nitrogen and oxygen atoms in total. The second-order valence-corrected chi connectivity index (χ2v) is 4.70. The maximum absolute atomic E-state index is 11.2. The average molecular weight is 237 g/mol. The van der Waals surface area contributed by atoms with E-state index >= 15 is 0 Å². The molecule has 0 unspecified atom stereocenters. The molecule has 0 aliphatic heterocycles. The molecule has 1 N–H and O–H groups in total. The molecular formula is C12H19N3O2. The quantitative estimate of drug-likeness (QED) is 0.808. The molecule has 0 saturated carbocycles. The molecule has 0 bridgehead atoms. The van der Waals surface area contributed by atoms with Gasteiger partial charge in [-0.3, -0.25) is 4.79 Å². The molecule has 0 aliphatic carbocycles. The fourth-order valence-electron chi connectivity index (χ4n) is 1.24. The third-order valence-electron chi connectivity index (χ3n) is 2.15. The smallest absolute Gasteiger partial charge is 0.325 e. The molecular weight excluding hydrogens is 218 g/mol. The third kappa shape index (κ3) is 4.38. The molecule has 1 rings (SSSR count). The lowest BCUT2D eigenvalue weighted by atomic mass is 9.92. The van der Waals surface area contributed by atoms with Crippen molar-refractivity contribution in [2.45, 2.75) is 33.1 Å². The second kappa shape index (κ2) is 5.61. The number of rotatable bonds is 4. The number of esters is 1. The summed E-state index contributed by atoms with van der Waals surface area (Å²) in [6.07, 6.45) is 1.49. The van der Waals surface area contributed by atoms with Crippen molar-refractivity contribution in [1.82, 2.24) is 9.97 Å². The highest BCUT2D eigenvalue weighted by Crippen LogP contribution is 2.20. The van der Waals surface area contributed by atoms with Crippen molar-refractivity contribution in [3.8, 4) is 0 Å². The van der Waals surface area contributed by atoms with Crippen molar-refractivity contribution < 1.29 is 9.53 Å². The summed E-state index contributed by atoms with van der Waals surface area (Å²) in [6, 6.07) is 1.85. The molecule has 1 heterocycles. The van der Waals surface area contributed by atoms with Gasteiger partial charge in [0.05, 0.1) is 12.3 Å². The lowest BCUT2D eigenvalue weighted by molar-refractivity contribution is -0.140. The van der Waals surface area contributed by atoms with Gasteiger partial charge in [-0.2, -0.15) is 0 Å². The van der Waals surface area contributed by atoms with Gasteiger partial charge in [-0.1, -0.05) is 20.8 Å².